The summed E-state index contributed by atoms with van der Waals surface area (Å²) < 4.78 is 19.3. The number of nitrogen functional groups attached to an aromatic ring is 1. The zero-order valence-corrected chi connectivity index (χ0v) is 11.6. The molecule has 0 aliphatic heterocycles. The van der Waals surface area contributed by atoms with Crippen LogP contribution in [0.4, 0.5) is 4.39 Å². The quantitative estimate of drug-likeness (QED) is 0.669. The number of ether oxygens (including phenoxy) is 1. The number of rotatable bonds is 4. The number of halogens is 2. The van der Waals surface area contributed by atoms with Crippen LogP contribution in [0.1, 0.15) is 11.1 Å². The molecule has 5 heteroatoms. The molecule has 0 saturated carbocycles. The molecule has 2 rings (SSSR count). The van der Waals surface area contributed by atoms with Crippen molar-refractivity contribution < 1.29 is 9.13 Å². The molecule has 0 aliphatic carbocycles. The average molecular weight is 323 g/mol. The van der Waals surface area contributed by atoms with E-state index in [2.05, 4.69) is 15.9 Å². The summed E-state index contributed by atoms with van der Waals surface area (Å²) >= 11 is 3.21. The number of nitrogens with one attached hydrogen (secondary N) is 1. The van der Waals surface area contributed by atoms with Gasteiger partial charge in [-0.3, -0.25) is 5.41 Å². The SMILES string of the molecule is N=C(N)c1cccc(COc2cc(F)cc(Br)c2)c1. The molecule has 0 fully saturated rings. The topological polar surface area (TPSA) is 59.1 Å². The third kappa shape index (κ3) is 3.79. The normalized spacial score (nSPS) is 10.2. The lowest BCUT2D eigenvalue weighted by atomic mass is 10.1. The fourth-order valence-electron chi connectivity index (χ4n) is 1.61. The van der Waals surface area contributed by atoms with Crippen LogP contribution in [0, 0.1) is 11.2 Å². The lowest BCUT2D eigenvalue weighted by Crippen LogP contribution is -2.11. The number of hydrogen-bond donors (Lipinski definition) is 2. The molecule has 0 bridgehead atoms. The van der Waals surface area contributed by atoms with Crippen molar-refractivity contribution in [2.24, 2.45) is 5.73 Å². The van der Waals surface area contributed by atoms with Gasteiger partial charge in [-0.2, -0.15) is 0 Å². The van der Waals surface area contributed by atoms with Crippen molar-refractivity contribution >= 4 is 21.8 Å². The smallest absolute Gasteiger partial charge is 0.128 e. The summed E-state index contributed by atoms with van der Waals surface area (Å²) in [5.41, 5.74) is 6.93. The standard InChI is InChI=1S/C14H12BrFN2O/c15-11-5-12(16)7-13(6-11)19-8-9-2-1-3-10(4-9)14(17)18/h1-7H,8H2,(H3,17,18). The summed E-state index contributed by atoms with van der Waals surface area (Å²) in [4.78, 5) is 0. The highest BCUT2D eigenvalue weighted by molar-refractivity contribution is 9.10. The first-order valence-electron chi connectivity index (χ1n) is 5.57. The van der Waals surface area contributed by atoms with E-state index in [0.717, 1.165) is 5.56 Å². The fourth-order valence-corrected chi connectivity index (χ4v) is 2.05. The highest BCUT2D eigenvalue weighted by atomic mass is 79.9. The highest BCUT2D eigenvalue weighted by Crippen LogP contribution is 2.21. The summed E-state index contributed by atoms with van der Waals surface area (Å²) in [6.07, 6.45) is 0. The summed E-state index contributed by atoms with van der Waals surface area (Å²) in [5.74, 6) is 0.0947. The molecule has 2 aromatic rings. The van der Waals surface area contributed by atoms with E-state index in [1.54, 1.807) is 24.3 Å². The van der Waals surface area contributed by atoms with Gasteiger partial charge in [0, 0.05) is 16.1 Å². The summed E-state index contributed by atoms with van der Waals surface area (Å²) in [7, 11) is 0. The maximum atomic E-state index is 13.2. The number of hydrogen-bond acceptors (Lipinski definition) is 2. The minimum absolute atomic E-state index is 0.00958. The minimum atomic E-state index is -0.359. The number of nitrogens with two attached hydrogens (primary N) is 1. The van der Waals surface area contributed by atoms with Crippen molar-refractivity contribution in [2.45, 2.75) is 6.61 Å². The van der Waals surface area contributed by atoms with Gasteiger partial charge in [-0.25, -0.2) is 4.39 Å². The van der Waals surface area contributed by atoms with Crippen molar-refractivity contribution in [2.75, 3.05) is 0 Å². The molecule has 0 aromatic heterocycles. The molecule has 0 heterocycles. The van der Waals surface area contributed by atoms with Crippen LogP contribution in [0.15, 0.2) is 46.9 Å². The van der Waals surface area contributed by atoms with E-state index >= 15 is 0 Å². The van der Waals surface area contributed by atoms with Gasteiger partial charge in [0.15, 0.2) is 0 Å². The van der Waals surface area contributed by atoms with Crippen molar-refractivity contribution in [3.8, 4) is 5.75 Å². The minimum Gasteiger partial charge on any atom is -0.489 e. The fraction of sp³-hybridized carbons (Fsp3) is 0.0714. The molecule has 0 unspecified atom stereocenters. The van der Waals surface area contributed by atoms with Gasteiger partial charge in [0.25, 0.3) is 0 Å². The summed E-state index contributed by atoms with van der Waals surface area (Å²) in [5, 5.41) is 7.37. The monoisotopic (exact) mass is 322 g/mol. The molecule has 2 aromatic carbocycles. The van der Waals surface area contributed by atoms with Crippen LogP contribution in [0.25, 0.3) is 0 Å². The average Bonchev–Trinajstić information content (AvgIpc) is 2.35. The molecule has 3 nitrogen and oxygen atoms in total. The molecular weight excluding hydrogens is 311 g/mol. The third-order valence-corrected chi connectivity index (χ3v) is 2.94. The van der Waals surface area contributed by atoms with Crippen LogP contribution in [0.2, 0.25) is 0 Å². The molecule has 0 saturated heterocycles. The Morgan fingerprint density at radius 3 is 2.74 bits per heavy atom. The second kappa shape index (κ2) is 5.84. The predicted octanol–water partition coefficient (Wildman–Crippen LogP) is 3.45. The van der Waals surface area contributed by atoms with Gasteiger partial charge in [0.2, 0.25) is 0 Å². The maximum absolute atomic E-state index is 13.2. The second-order valence-electron chi connectivity index (χ2n) is 4.01. The van der Waals surface area contributed by atoms with E-state index in [0.29, 0.717) is 15.8 Å². The van der Waals surface area contributed by atoms with Gasteiger partial charge in [-0.15, -0.1) is 0 Å². The van der Waals surface area contributed by atoms with Gasteiger partial charge >= 0.3 is 0 Å². The largest absolute Gasteiger partial charge is 0.489 e. The van der Waals surface area contributed by atoms with Crippen molar-refractivity contribution in [3.63, 3.8) is 0 Å². The zero-order chi connectivity index (χ0) is 13.8. The van der Waals surface area contributed by atoms with E-state index < -0.39 is 0 Å². The Bertz CT molecular complexity index is 596. The predicted molar refractivity (Wildman–Crippen MR) is 75.9 cm³/mol. The summed E-state index contributed by atoms with van der Waals surface area (Å²) in [6, 6.07) is 11.6. The maximum Gasteiger partial charge on any atom is 0.128 e. The van der Waals surface area contributed by atoms with Gasteiger partial charge in [0.05, 0.1) is 0 Å². The van der Waals surface area contributed by atoms with Gasteiger partial charge in [0.1, 0.15) is 24.0 Å². The molecule has 0 aliphatic rings. The highest BCUT2D eigenvalue weighted by Gasteiger charge is 2.02. The first-order valence-corrected chi connectivity index (χ1v) is 6.36. The lowest BCUT2D eigenvalue weighted by molar-refractivity contribution is 0.304. The van der Waals surface area contributed by atoms with Gasteiger partial charge in [-0.05, 0) is 23.8 Å². The van der Waals surface area contributed by atoms with E-state index in [4.69, 9.17) is 15.9 Å². The van der Waals surface area contributed by atoms with Crippen LogP contribution in [0.5, 0.6) is 5.75 Å². The molecule has 0 spiro atoms. The van der Waals surface area contributed by atoms with E-state index in [1.165, 1.54) is 12.1 Å². The molecule has 0 radical (unpaired) electrons. The molecule has 0 atom stereocenters. The Balaban J connectivity index is 2.10. The van der Waals surface area contributed by atoms with Crippen LogP contribution in [-0.2, 0) is 6.61 Å². The van der Waals surface area contributed by atoms with Crippen molar-refractivity contribution in [3.05, 3.63) is 63.9 Å². The first-order chi connectivity index (χ1) is 9.04. The first kappa shape index (κ1) is 13.5. The third-order valence-electron chi connectivity index (χ3n) is 2.48. The van der Waals surface area contributed by atoms with Crippen LogP contribution >= 0.6 is 15.9 Å². The Kier molecular flexibility index (Phi) is 4.16. The molecule has 0 amide bonds. The van der Waals surface area contributed by atoms with E-state index in [1.807, 2.05) is 6.07 Å². The second-order valence-corrected chi connectivity index (χ2v) is 4.92. The Morgan fingerprint density at radius 1 is 1.26 bits per heavy atom. The molecular formula is C14H12BrFN2O. The lowest BCUT2D eigenvalue weighted by Gasteiger charge is -2.08. The Hall–Kier alpha value is -1.88. The van der Waals surface area contributed by atoms with E-state index in [9.17, 15) is 4.39 Å². The number of amidine groups is 1. The number of benzene rings is 2. The Labute approximate surface area is 118 Å². The van der Waals surface area contributed by atoms with E-state index in [-0.39, 0.29) is 18.3 Å². The summed E-state index contributed by atoms with van der Waals surface area (Å²) in [6.45, 7) is 0.289. The Morgan fingerprint density at radius 2 is 2.05 bits per heavy atom. The van der Waals surface area contributed by atoms with Crippen LogP contribution < -0.4 is 10.5 Å². The van der Waals surface area contributed by atoms with Gasteiger partial charge in [-0.1, -0.05) is 34.1 Å². The van der Waals surface area contributed by atoms with Crippen LogP contribution in [0.3, 0.4) is 0 Å². The van der Waals surface area contributed by atoms with Crippen molar-refractivity contribution in [1.29, 1.82) is 5.41 Å². The van der Waals surface area contributed by atoms with Crippen molar-refractivity contribution in [1.82, 2.24) is 0 Å². The zero-order valence-electron chi connectivity index (χ0n) is 9.99. The van der Waals surface area contributed by atoms with Crippen LogP contribution in [-0.4, -0.2) is 5.84 Å². The molecule has 19 heavy (non-hydrogen) atoms. The molecule has 98 valence electrons. The molecule has 3 N–H and O–H groups in total. The van der Waals surface area contributed by atoms with Gasteiger partial charge < -0.3 is 10.5 Å².